The van der Waals surface area contributed by atoms with Crippen molar-refractivity contribution in [3.8, 4) is 0 Å². The fourth-order valence-electron chi connectivity index (χ4n) is 2.53. The number of aryl methyl sites for hydroxylation is 1. The molecule has 0 bridgehead atoms. The molecule has 0 saturated heterocycles. The molecule has 0 aliphatic rings. The molecule has 0 unspecified atom stereocenters. The summed E-state index contributed by atoms with van der Waals surface area (Å²) < 4.78 is 27.3. The van der Waals surface area contributed by atoms with Crippen LogP contribution in [0.25, 0.3) is 10.8 Å². The van der Waals surface area contributed by atoms with Crippen LogP contribution >= 0.6 is 0 Å². The summed E-state index contributed by atoms with van der Waals surface area (Å²) in [6, 6.07) is 20.3. The third-order valence-electron chi connectivity index (χ3n) is 3.75. The molecule has 0 atom stereocenters. The lowest BCUT2D eigenvalue weighted by molar-refractivity contribution is 0.595. The van der Waals surface area contributed by atoms with E-state index in [1.165, 1.54) is 4.31 Å². The Morgan fingerprint density at radius 1 is 0.864 bits per heavy atom. The van der Waals surface area contributed by atoms with Crippen LogP contribution in [0, 0.1) is 6.92 Å². The van der Waals surface area contributed by atoms with E-state index in [0.717, 1.165) is 16.3 Å². The van der Waals surface area contributed by atoms with Gasteiger partial charge in [0.05, 0.1) is 10.6 Å². The van der Waals surface area contributed by atoms with Crippen molar-refractivity contribution < 1.29 is 8.42 Å². The standard InChI is InChI=1S/C18H17NO2S/c1-14-7-5-10-16(13-14)19(2)22(20,21)18-12-6-9-15-8-3-4-11-17(15)18/h3-13H,1-2H3. The normalized spacial score (nSPS) is 11.5. The highest BCUT2D eigenvalue weighted by Crippen LogP contribution is 2.28. The van der Waals surface area contributed by atoms with E-state index in [4.69, 9.17) is 0 Å². The van der Waals surface area contributed by atoms with Crippen molar-refractivity contribution in [1.29, 1.82) is 0 Å². The summed E-state index contributed by atoms with van der Waals surface area (Å²) in [5.41, 5.74) is 1.69. The average Bonchev–Trinajstić information content (AvgIpc) is 2.53. The van der Waals surface area contributed by atoms with Crippen molar-refractivity contribution in [3.63, 3.8) is 0 Å². The van der Waals surface area contributed by atoms with Crippen molar-refractivity contribution in [2.75, 3.05) is 11.4 Å². The number of fused-ring (bicyclic) bond motifs is 1. The van der Waals surface area contributed by atoms with Gasteiger partial charge in [0, 0.05) is 12.4 Å². The maximum Gasteiger partial charge on any atom is 0.264 e. The van der Waals surface area contributed by atoms with Crippen molar-refractivity contribution in [3.05, 3.63) is 72.3 Å². The fourth-order valence-corrected chi connectivity index (χ4v) is 3.93. The van der Waals surface area contributed by atoms with Crippen LogP contribution in [0.3, 0.4) is 0 Å². The highest BCUT2D eigenvalue weighted by atomic mass is 32.2. The maximum atomic E-state index is 13.0. The minimum atomic E-state index is -3.60. The van der Waals surface area contributed by atoms with Crippen LogP contribution in [0.5, 0.6) is 0 Å². The van der Waals surface area contributed by atoms with Gasteiger partial charge in [-0.05, 0) is 36.1 Å². The van der Waals surface area contributed by atoms with Gasteiger partial charge in [-0.2, -0.15) is 0 Å². The molecule has 3 aromatic carbocycles. The lowest BCUT2D eigenvalue weighted by atomic mass is 10.1. The number of hydrogen-bond acceptors (Lipinski definition) is 2. The van der Waals surface area contributed by atoms with Crippen LogP contribution in [0.15, 0.2) is 71.6 Å². The van der Waals surface area contributed by atoms with Gasteiger partial charge >= 0.3 is 0 Å². The molecule has 0 spiro atoms. The molecule has 0 aliphatic carbocycles. The maximum absolute atomic E-state index is 13.0. The SMILES string of the molecule is Cc1cccc(N(C)S(=O)(=O)c2cccc3ccccc23)c1. The van der Waals surface area contributed by atoms with E-state index < -0.39 is 10.0 Å². The van der Waals surface area contributed by atoms with Gasteiger partial charge in [0.1, 0.15) is 0 Å². The number of nitrogens with zero attached hydrogens (tertiary/aromatic N) is 1. The largest absolute Gasteiger partial charge is 0.269 e. The van der Waals surface area contributed by atoms with Gasteiger partial charge in [0.2, 0.25) is 0 Å². The molecule has 0 amide bonds. The zero-order valence-electron chi connectivity index (χ0n) is 12.5. The van der Waals surface area contributed by atoms with Crippen LogP contribution < -0.4 is 4.31 Å². The topological polar surface area (TPSA) is 37.4 Å². The van der Waals surface area contributed by atoms with E-state index in [2.05, 4.69) is 0 Å². The van der Waals surface area contributed by atoms with Gasteiger partial charge in [0.15, 0.2) is 0 Å². The Morgan fingerprint density at radius 3 is 2.32 bits per heavy atom. The molecular formula is C18H17NO2S. The Morgan fingerprint density at radius 2 is 1.55 bits per heavy atom. The molecule has 112 valence electrons. The van der Waals surface area contributed by atoms with E-state index >= 15 is 0 Å². The van der Waals surface area contributed by atoms with Crippen LogP contribution in [0.2, 0.25) is 0 Å². The molecule has 0 heterocycles. The Kier molecular flexibility index (Phi) is 3.62. The molecule has 0 aromatic heterocycles. The van der Waals surface area contributed by atoms with Crippen LogP contribution in [-0.4, -0.2) is 15.5 Å². The quantitative estimate of drug-likeness (QED) is 0.734. The van der Waals surface area contributed by atoms with Gasteiger partial charge in [-0.1, -0.05) is 48.5 Å². The zero-order valence-corrected chi connectivity index (χ0v) is 13.3. The molecule has 0 saturated carbocycles. The molecule has 3 nitrogen and oxygen atoms in total. The first-order valence-electron chi connectivity index (χ1n) is 7.03. The monoisotopic (exact) mass is 311 g/mol. The Bertz CT molecular complexity index is 927. The summed E-state index contributed by atoms with van der Waals surface area (Å²) in [6.45, 7) is 1.95. The molecule has 0 N–H and O–H groups in total. The molecule has 3 rings (SSSR count). The lowest BCUT2D eigenvalue weighted by Gasteiger charge is -2.21. The summed E-state index contributed by atoms with van der Waals surface area (Å²) in [6.07, 6.45) is 0. The predicted octanol–water partition coefficient (Wildman–Crippen LogP) is 3.97. The Hall–Kier alpha value is -2.33. The second-order valence-electron chi connectivity index (χ2n) is 5.29. The highest BCUT2D eigenvalue weighted by molar-refractivity contribution is 7.93. The van der Waals surface area contributed by atoms with Gasteiger partial charge < -0.3 is 0 Å². The minimum Gasteiger partial charge on any atom is -0.269 e. The lowest BCUT2D eigenvalue weighted by Crippen LogP contribution is -2.26. The summed E-state index contributed by atoms with van der Waals surface area (Å²) in [4.78, 5) is 0.328. The van der Waals surface area contributed by atoms with E-state index in [1.807, 2.05) is 55.5 Å². The number of benzene rings is 3. The first-order chi connectivity index (χ1) is 10.5. The first-order valence-corrected chi connectivity index (χ1v) is 8.47. The van der Waals surface area contributed by atoms with Gasteiger partial charge in [0.25, 0.3) is 10.0 Å². The summed E-state index contributed by atoms with van der Waals surface area (Å²) >= 11 is 0. The fraction of sp³-hybridized carbons (Fsp3) is 0.111. The smallest absolute Gasteiger partial charge is 0.264 e. The van der Waals surface area contributed by atoms with Crippen molar-refractivity contribution >= 4 is 26.5 Å². The van der Waals surface area contributed by atoms with Crippen LogP contribution in [0.1, 0.15) is 5.56 Å². The molecule has 22 heavy (non-hydrogen) atoms. The second kappa shape index (κ2) is 5.46. The number of sulfonamides is 1. The van der Waals surface area contributed by atoms with Gasteiger partial charge in [-0.15, -0.1) is 0 Å². The molecule has 0 radical (unpaired) electrons. The number of anilines is 1. The molecular weight excluding hydrogens is 294 g/mol. The van der Waals surface area contributed by atoms with Crippen LogP contribution in [0.4, 0.5) is 5.69 Å². The van der Waals surface area contributed by atoms with Crippen LogP contribution in [-0.2, 0) is 10.0 Å². The third-order valence-corrected chi connectivity index (χ3v) is 5.60. The van der Waals surface area contributed by atoms with Gasteiger partial charge in [-0.25, -0.2) is 8.42 Å². The number of rotatable bonds is 3. The molecule has 0 aliphatic heterocycles. The summed E-state index contributed by atoms with van der Waals surface area (Å²) in [5, 5.41) is 1.66. The minimum absolute atomic E-state index is 0.328. The van der Waals surface area contributed by atoms with E-state index in [1.54, 1.807) is 25.2 Å². The second-order valence-corrected chi connectivity index (χ2v) is 7.23. The Balaban J connectivity index is 2.16. The zero-order chi connectivity index (χ0) is 15.7. The average molecular weight is 311 g/mol. The molecule has 4 heteroatoms. The Labute approximate surface area is 130 Å². The van der Waals surface area contributed by atoms with Crippen molar-refractivity contribution in [2.45, 2.75) is 11.8 Å². The summed E-state index contributed by atoms with van der Waals surface area (Å²) in [7, 11) is -2.01. The van der Waals surface area contributed by atoms with Gasteiger partial charge in [-0.3, -0.25) is 4.31 Å². The highest BCUT2D eigenvalue weighted by Gasteiger charge is 2.23. The third kappa shape index (κ3) is 2.46. The molecule has 0 fully saturated rings. The summed E-state index contributed by atoms with van der Waals surface area (Å²) in [5.74, 6) is 0. The van der Waals surface area contributed by atoms with E-state index in [9.17, 15) is 8.42 Å². The van der Waals surface area contributed by atoms with E-state index in [0.29, 0.717) is 10.6 Å². The predicted molar refractivity (Wildman–Crippen MR) is 90.7 cm³/mol. The first kappa shape index (κ1) is 14.6. The van der Waals surface area contributed by atoms with Crippen molar-refractivity contribution in [1.82, 2.24) is 0 Å². The van der Waals surface area contributed by atoms with Crippen molar-refractivity contribution in [2.24, 2.45) is 0 Å². The number of hydrogen-bond donors (Lipinski definition) is 0. The molecule has 3 aromatic rings. The van der Waals surface area contributed by atoms with E-state index in [-0.39, 0.29) is 0 Å².